The molecule has 2 saturated heterocycles. The Kier molecular flexibility index (Phi) is 4.38. The van der Waals surface area contributed by atoms with Crippen LogP contribution in [0.1, 0.15) is 25.7 Å². The van der Waals surface area contributed by atoms with E-state index in [0.29, 0.717) is 5.91 Å². The molecule has 86 valence electrons. The maximum absolute atomic E-state index is 12.1. The monoisotopic (exact) mass is 291 g/mol. The lowest BCUT2D eigenvalue weighted by atomic mass is 9.99. The Hall–Kier alpha value is 0.300. The van der Waals surface area contributed by atoms with E-state index in [-0.39, 0.29) is 5.25 Å². The molecule has 0 aromatic rings. The third-order valence-corrected chi connectivity index (χ3v) is 5.63. The van der Waals surface area contributed by atoms with Crippen LogP contribution < -0.4 is 0 Å². The molecule has 0 aromatic heterocycles. The van der Waals surface area contributed by atoms with E-state index in [1.54, 1.807) is 0 Å². The van der Waals surface area contributed by atoms with Crippen LogP contribution in [0, 0.1) is 5.92 Å². The topological polar surface area (TPSA) is 20.3 Å². The summed E-state index contributed by atoms with van der Waals surface area (Å²) in [5, 5.41) is 1.37. The normalized spacial score (nSPS) is 28.3. The first-order chi connectivity index (χ1) is 7.31. The molecule has 0 N–H and O–H groups in total. The maximum atomic E-state index is 12.1. The molecule has 4 heteroatoms. The van der Waals surface area contributed by atoms with Crippen molar-refractivity contribution in [3.63, 3.8) is 0 Å². The van der Waals surface area contributed by atoms with E-state index in [1.807, 2.05) is 11.8 Å². The fraction of sp³-hybridized carbons (Fsp3) is 0.909. The second-order valence-corrected chi connectivity index (χ2v) is 6.38. The van der Waals surface area contributed by atoms with E-state index >= 15 is 0 Å². The Labute approximate surface area is 104 Å². The number of amides is 1. The minimum absolute atomic E-state index is 0.283. The fourth-order valence-corrected chi connectivity index (χ4v) is 4.17. The van der Waals surface area contributed by atoms with Gasteiger partial charge >= 0.3 is 0 Å². The average molecular weight is 292 g/mol. The quantitative estimate of drug-likeness (QED) is 0.729. The van der Waals surface area contributed by atoms with Gasteiger partial charge in [0.05, 0.1) is 5.25 Å². The van der Waals surface area contributed by atoms with Crippen molar-refractivity contribution in [1.29, 1.82) is 0 Å². The Morgan fingerprint density at radius 3 is 2.60 bits per heavy atom. The number of thioether (sulfide) groups is 1. The summed E-state index contributed by atoms with van der Waals surface area (Å²) in [5.74, 6) is 2.37. The summed E-state index contributed by atoms with van der Waals surface area (Å²) in [6.07, 6.45) is 4.67. The van der Waals surface area contributed by atoms with Gasteiger partial charge in [0, 0.05) is 18.4 Å². The molecule has 2 nitrogen and oxygen atoms in total. The summed E-state index contributed by atoms with van der Waals surface area (Å²) in [5.41, 5.74) is 0. The lowest BCUT2D eigenvalue weighted by Gasteiger charge is -2.32. The third-order valence-electron chi connectivity index (χ3n) is 3.35. The Morgan fingerprint density at radius 1 is 1.33 bits per heavy atom. The van der Waals surface area contributed by atoms with Crippen molar-refractivity contribution in [2.24, 2.45) is 5.92 Å². The van der Waals surface area contributed by atoms with Crippen molar-refractivity contribution in [3.05, 3.63) is 0 Å². The van der Waals surface area contributed by atoms with Gasteiger partial charge in [0.1, 0.15) is 0 Å². The number of carbonyl (C=O) groups excluding carboxylic acids is 1. The van der Waals surface area contributed by atoms with E-state index in [1.165, 1.54) is 25.0 Å². The largest absolute Gasteiger partial charge is 0.342 e. The van der Waals surface area contributed by atoms with E-state index in [0.717, 1.165) is 30.8 Å². The average Bonchev–Trinajstić information content (AvgIpc) is 2.82. The fourth-order valence-electron chi connectivity index (χ4n) is 2.28. The van der Waals surface area contributed by atoms with Gasteiger partial charge < -0.3 is 4.90 Å². The van der Waals surface area contributed by atoms with Crippen molar-refractivity contribution >= 4 is 33.6 Å². The van der Waals surface area contributed by atoms with Crippen LogP contribution in [-0.2, 0) is 4.79 Å². The highest BCUT2D eigenvalue weighted by molar-refractivity contribution is 9.09. The maximum Gasteiger partial charge on any atom is 0.235 e. The molecule has 2 aliphatic rings. The van der Waals surface area contributed by atoms with Crippen LogP contribution >= 0.6 is 27.7 Å². The van der Waals surface area contributed by atoms with Crippen LogP contribution in [0.2, 0.25) is 0 Å². The van der Waals surface area contributed by atoms with Crippen molar-refractivity contribution in [2.75, 3.05) is 24.2 Å². The molecule has 0 saturated carbocycles. The van der Waals surface area contributed by atoms with Gasteiger partial charge in [0.25, 0.3) is 0 Å². The first-order valence-corrected chi connectivity index (χ1v) is 7.94. The standard InChI is InChI=1S/C11H18BrNOS/c12-8-9-3-5-13(6-4-9)11(14)10-2-1-7-15-10/h9-10H,1-8H2. The van der Waals surface area contributed by atoms with Gasteiger partial charge in [-0.15, -0.1) is 11.8 Å². The smallest absolute Gasteiger partial charge is 0.235 e. The zero-order chi connectivity index (χ0) is 10.7. The van der Waals surface area contributed by atoms with Gasteiger partial charge in [-0.1, -0.05) is 15.9 Å². The summed E-state index contributed by atoms with van der Waals surface area (Å²) < 4.78 is 0. The van der Waals surface area contributed by atoms with E-state index in [9.17, 15) is 4.79 Å². The molecule has 2 rings (SSSR count). The van der Waals surface area contributed by atoms with Crippen LogP contribution in [0.4, 0.5) is 0 Å². The summed E-state index contributed by atoms with van der Waals surface area (Å²) in [4.78, 5) is 14.2. The molecule has 0 radical (unpaired) electrons. The number of piperidine rings is 1. The molecular formula is C11H18BrNOS. The van der Waals surface area contributed by atoms with E-state index in [2.05, 4.69) is 20.8 Å². The lowest BCUT2D eigenvalue weighted by Crippen LogP contribution is -2.42. The molecular weight excluding hydrogens is 274 g/mol. The van der Waals surface area contributed by atoms with Crippen LogP contribution in [-0.4, -0.2) is 40.2 Å². The Bertz CT molecular complexity index is 223. The van der Waals surface area contributed by atoms with Crippen molar-refractivity contribution in [3.8, 4) is 0 Å². The van der Waals surface area contributed by atoms with Gasteiger partial charge in [0.2, 0.25) is 5.91 Å². The Morgan fingerprint density at radius 2 is 2.07 bits per heavy atom. The van der Waals surface area contributed by atoms with Crippen LogP contribution in [0.3, 0.4) is 0 Å². The lowest BCUT2D eigenvalue weighted by molar-refractivity contribution is -0.131. The molecule has 1 atom stereocenters. The Balaban J connectivity index is 1.81. The van der Waals surface area contributed by atoms with E-state index < -0.39 is 0 Å². The molecule has 15 heavy (non-hydrogen) atoms. The molecule has 2 heterocycles. The highest BCUT2D eigenvalue weighted by Crippen LogP contribution is 2.29. The number of hydrogen-bond donors (Lipinski definition) is 0. The van der Waals surface area contributed by atoms with Crippen LogP contribution in [0.25, 0.3) is 0 Å². The number of likely N-dealkylation sites (tertiary alicyclic amines) is 1. The number of halogens is 1. The molecule has 0 spiro atoms. The van der Waals surface area contributed by atoms with Crippen molar-refractivity contribution < 1.29 is 4.79 Å². The SMILES string of the molecule is O=C(C1CCCS1)N1CCC(CBr)CC1. The third kappa shape index (κ3) is 2.90. The highest BCUT2D eigenvalue weighted by Gasteiger charge is 2.30. The summed E-state index contributed by atoms with van der Waals surface area (Å²) in [7, 11) is 0. The minimum Gasteiger partial charge on any atom is -0.342 e. The first kappa shape index (κ1) is 11.8. The zero-order valence-electron chi connectivity index (χ0n) is 8.95. The molecule has 0 aliphatic carbocycles. The number of carbonyl (C=O) groups is 1. The summed E-state index contributed by atoms with van der Waals surface area (Å²) >= 11 is 5.38. The molecule has 2 fully saturated rings. The summed E-state index contributed by atoms with van der Waals surface area (Å²) in [6.45, 7) is 1.96. The van der Waals surface area contributed by atoms with Crippen LogP contribution in [0.15, 0.2) is 0 Å². The number of rotatable bonds is 2. The van der Waals surface area contributed by atoms with Gasteiger partial charge in [-0.2, -0.15) is 0 Å². The predicted molar refractivity (Wildman–Crippen MR) is 68.6 cm³/mol. The van der Waals surface area contributed by atoms with Gasteiger partial charge in [-0.05, 0) is 37.4 Å². The second-order valence-electron chi connectivity index (χ2n) is 4.42. The van der Waals surface area contributed by atoms with Gasteiger partial charge in [-0.3, -0.25) is 4.79 Å². The number of alkyl halides is 1. The van der Waals surface area contributed by atoms with Gasteiger partial charge in [-0.25, -0.2) is 0 Å². The molecule has 1 amide bonds. The highest BCUT2D eigenvalue weighted by atomic mass is 79.9. The molecule has 2 aliphatic heterocycles. The molecule has 0 aromatic carbocycles. The van der Waals surface area contributed by atoms with Crippen molar-refractivity contribution in [1.82, 2.24) is 4.90 Å². The van der Waals surface area contributed by atoms with Crippen LogP contribution in [0.5, 0.6) is 0 Å². The van der Waals surface area contributed by atoms with Gasteiger partial charge in [0.15, 0.2) is 0 Å². The minimum atomic E-state index is 0.283. The number of hydrogen-bond acceptors (Lipinski definition) is 2. The zero-order valence-corrected chi connectivity index (χ0v) is 11.4. The van der Waals surface area contributed by atoms with E-state index in [4.69, 9.17) is 0 Å². The predicted octanol–water partition coefficient (Wildman–Crippen LogP) is 2.52. The van der Waals surface area contributed by atoms with Crippen molar-refractivity contribution in [2.45, 2.75) is 30.9 Å². The number of nitrogens with zero attached hydrogens (tertiary/aromatic N) is 1. The first-order valence-electron chi connectivity index (χ1n) is 5.77. The summed E-state index contributed by atoms with van der Waals surface area (Å²) in [6, 6.07) is 0. The molecule has 0 bridgehead atoms. The second kappa shape index (κ2) is 5.58. The molecule has 1 unspecified atom stereocenters.